The van der Waals surface area contributed by atoms with Crippen LogP contribution in [0.3, 0.4) is 0 Å². The van der Waals surface area contributed by atoms with Gasteiger partial charge in [0.1, 0.15) is 5.82 Å². The number of fused-ring (bicyclic) bond motifs is 1. The fourth-order valence-electron chi connectivity index (χ4n) is 2.21. The Morgan fingerprint density at radius 2 is 2.00 bits per heavy atom. The number of thioether (sulfide) groups is 1. The summed E-state index contributed by atoms with van der Waals surface area (Å²) in [5, 5.41) is 12.4. The van der Waals surface area contributed by atoms with E-state index in [-0.39, 0.29) is 5.91 Å². The van der Waals surface area contributed by atoms with Crippen molar-refractivity contribution in [2.24, 2.45) is 5.41 Å². The van der Waals surface area contributed by atoms with Gasteiger partial charge < -0.3 is 10.6 Å². The minimum absolute atomic E-state index is 0.0334. The van der Waals surface area contributed by atoms with E-state index in [1.807, 2.05) is 25.5 Å². The summed E-state index contributed by atoms with van der Waals surface area (Å²) in [7, 11) is 0. The van der Waals surface area contributed by atoms with Gasteiger partial charge >= 0.3 is 0 Å². The molecule has 0 saturated heterocycles. The first-order valence-corrected chi connectivity index (χ1v) is 9.73. The topological polar surface area (TPSA) is 84.7 Å². The number of hydrogen-bond donors (Lipinski definition) is 2. The lowest BCUT2D eigenvalue weighted by Crippen LogP contribution is -2.36. The number of amides is 1. The van der Waals surface area contributed by atoms with Crippen LogP contribution >= 0.6 is 11.8 Å². The maximum absolute atomic E-state index is 12.0. The van der Waals surface area contributed by atoms with Crippen LogP contribution in [-0.4, -0.2) is 44.5 Å². The predicted molar refractivity (Wildman–Crippen MR) is 103 cm³/mol. The van der Waals surface area contributed by atoms with Gasteiger partial charge in [0.05, 0.1) is 18.1 Å². The fraction of sp³-hybridized carbons (Fsp3) is 0.647. The molecule has 0 atom stereocenters. The summed E-state index contributed by atoms with van der Waals surface area (Å²) in [5.74, 6) is 1.77. The molecule has 0 aliphatic carbocycles. The van der Waals surface area contributed by atoms with Gasteiger partial charge in [0.15, 0.2) is 10.8 Å². The molecule has 0 saturated carbocycles. The normalized spacial score (nSPS) is 11.7. The zero-order valence-corrected chi connectivity index (χ0v) is 16.5. The lowest BCUT2D eigenvalue weighted by molar-refractivity contribution is -0.128. The van der Waals surface area contributed by atoms with Gasteiger partial charge in [0, 0.05) is 18.5 Å². The average molecular weight is 365 g/mol. The van der Waals surface area contributed by atoms with Gasteiger partial charge in [-0.3, -0.25) is 4.79 Å². The molecular formula is C17H28N6OS. The molecule has 0 aliphatic rings. The standard InChI is InChI=1S/C17H28N6OS/c1-6-8-18-13-12-11-20-23(10-9-19-15(24)17(3,4)5)14(12)22-16(21-13)25-7-2/h11H,6-10H2,1-5H3,(H,19,24)(H,18,21,22). The number of carbonyl (C=O) groups excluding carboxylic acids is 1. The molecule has 2 heterocycles. The lowest BCUT2D eigenvalue weighted by atomic mass is 9.96. The van der Waals surface area contributed by atoms with E-state index in [4.69, 9.17) is 0 Å². The molecule has 0 spiro atoms. The number of carbonyl (C=O) groups is 1. The monoisotopic (exact) mass is 364 g/mol. The van der Waals surface area contributed by atoms with Gasteiger partial charge in [0.2, 0.25) is 5.91 Å². The summed E-state index contributed by atoms with van der Waals surface area (Å²) in [6.07, 6.45) is 2.81. The van der Waals surface area contributed by atoms with E-state index in [1.54, 1.807) is 18.0 Å². The Bertz CT molecular complexity index is 722. The predicted octanol–water partition coefficient (Wildman–Crippen LogP) is 2.92. The van der Waals surface area contributed by atoms with Gasteiger partial charge in [-0.25, -0.2) is 14.6 Å². The number of nitrogens with one attached hydrogen (secondary N) is 2. The highest BCUT2D eigenvalue weighted by Gasteiger charge is 2.20. The van der Waals surface area contributed by atoms with Gasteiger partial charge in [-0.05, 0) is 12.2 Å². The molecule has 138 valence electrons. The molecule has 2 aromatic rings. The summed E-state index contributed by atoms with van der Waals surface area (Å²) < 4.78 is 1.83. The van der Waals surface area contributed by atoms with E-state index < -0.39 is 5.41 Å². The number of aromatic nitrogens is 4. The summed E-state index contributed by atoms with van der Waals surface area (Å²) in [4.78, 5) is 21.2. The average Bonchev–Trinajstić information content (AvgIpc) is 2.95. The Balaban J connectivity index is 2.20. The van der Waals surface area contributed by atoms with Gasteiger partial charge in [-0.1, -0.05) is 46.4 Å². The van der Waals surface area contributed by atoms with Crippen molar-refractivity contribution in [2.75, 3.05) is 24.2 Å². The van der Waals surface area contributed by atoms with E-state index in [0.717, 1.165) is 40.7 Å². The third kappa shape index (κ3) is 5.07. The van der Waals surface area contributed by atoms with Crippen LogP contribution in [0.4, 0.5) is 5.82 Å². The number of nitrogens with zero attached hydrogens (tertiary/aromatic N) is 4. The van der Waals surface area contributed by atoms with Crippen LogP contribution in [0.15, 0.2) is 11.4 Å². The Morgan fingerprint density at radius 3 is 2.64 bits per heavy atom. The summed E-state index contributed by atoms with van der Waals surface area (Å²) in [5.41, 5.74) is 0.408. The Kier molecular flexibility index (Phi) is 6.64. The first-order valence-electron chi connectivity index (χ1n) is 8.75. The molecule has 0 radical (unpaired) electrons. The first-order chi connectivity index (χ1) is 11.9. The number of hydrogen-bond acceptors (Lipinski definition) is 6. The Morgan fingerprint density at radius 1 is 1.24 bits per heavy atom. The molecule has 8 heteroatoms. The lowest BCUT2D eigenvalue weighted by Gasteiger charge is -2.17. The molecule has 25 heavy (non-hydrogen) atoms. The molecule has 7 nitrogen and oxygen atoms in total. The van der Waals surface area contributed by atoms with Crippen LogP contribution in [0.1, 0.15) is 41.0 Å². The van der Waals surface area contributed by atoms with Crippen LogP contribution in [0.5, 0.6) is 0 Å². The van der Waals surface area contributed by atoms with Crippen LogP contribution < -0.4 is 10.6 Å². The van der Waals surface area contributed by atoms with Crippen molar-refractivity contribution in [3.05, 3.63) is 6.20 Å². The molecule has 2 aromatic heterocycles. The molecular weight excluding hydrogens is 336 g/mol. The zero-order chi connectivity index (χ0) is 18.4. The molecule has 1 amide bonds. The highest BCUT2D eigenvalue weighted by atomic mass is 32.2. The summed E-state index contributed by atoms with van der Waals surface area (Å²) in [6, 6.07) is 0. The van der Waals surface area contributed by atoms with Crippen molar-refractivity contribution in [1.82, 2.24) is 25.1 Å². The molecule has 0 aromatic carbocycles. The van der Waals surface area contributed by atoms with Crippen LogP contribution in [0.2, 0.25) is 0 Å². The van der Waals surface area contributed by atoms with E-state index in [2.05, 4.69) is 39.5 Å². The second-order valence-electron chi connectivity index (χ2n) is 6.83. The summed E-state index contributed by atoms with van der Waals surface area (Å²) in [6.45, 7) is 11.9. The highest BCUT2D eigenvalue weighted by Crippen LogP contribution is 2.24. The SMILES string of the molecule is CCCNc1nc(SCC)nc2c1cnn2CCNC(=O)C(C)(C)C. The van der Waals surface area contributed by atoms with E-state index in [1.165, 1.54) is 0 Å². The highest BCUT2D eigenvalue weighted by molar-refractivity contribution is 7.99. The van der Waals surface area contributed by atoms with Crippen molar-refractivity contribution in [2.45, 2.75) is 52.7 Å². The maximum Gasteiger partial charge on any atom is 0.225 e. The zero-order valence-electron chi connectivity index (χ0n) is 15.7. The van der Waals surface area contributed by atoms with Crippen LogP contribution in [0.25, 0.3) is 11.0 Å². The van der Waals surface area contributed by atoms with Gasteiger partial charge in [-0.15, -0.1) is 0 Å². The van der Waals surface area contributed by atoms with E-state index in [9.17, 15) is 4.79 Å². The smallest absolute Gasteiger partial charge is 0.225 e. The van der Waals surface area contributed by atoms with E-state index in [0.29, 0.717) is 13.1 Å². The fourth-order valence-corrected chi connectivity index (χ4v) is 2.78. The van der Waals surface area contributed by atoms with Crippen molar-refractivity contribution in [3.63, 3.8) is 0 Å². The van der Waals surface area contributed by atoms with Crippen molar-refractivity contribution in [1.29, 1.82) is 0 Å². The van der Waals surface area contributed by atoms with Crippen molar-refractivity contribution >= 4 is 34.5 Å². The van der Waals surface area contributed by atoms with Crippen molar-refractivity contribution < 1.29 is 4.79 Å². The molecule has 2 N–H and O–H groups in total. The van der Waals surface area contributed by atoms with Crippen LogP contribution in [-0.2, 0) is 11.3 Å². The van der Waals surface area contributed by atoms with Crippen LogP contribution in [0, 0.1) is 5.41 Å². The quantitative estimate of drug-likeness (QED) is 0.553. The number of rotatable bonds is 8. The second-order valence-corrected chi connectivity index (χ2v) is 8.06. The Hall–Kier alpha value is -1.83. The molecule has 0 unspecified atom stereocenters. The van der Waals surface area contributed by atoms with E-state index >= 15 is 0 Å². The first kappa shape index (κ1) is 19.5. The third-order valence-corrected chi connectivity index (χ3v) is 4.31. The molecule has 0 fully saturated rings. The molecule has 0 bridgehead atoms. The largest absolute Gasteiger partial charge is 0.369 e. The van der Waals surface area contributed by atoms with Gasteiger partial charge in [-0.2, -0.15) is 5.10 Å². The summed E-state index contributed by atoms with van der Waals surface area (Å²) >= 11 is 1.61. The molecule has 2 rings (SSSR count). The Labute approximate surface area is 153 Å². The van der Waals surface area contributed by atoms with Gasteiger partial charge in [0.25, 0.3) is 0 Å². The minimum Gasteiger partial charge on any atom is -0.369 e. The number of anilines is 1. The minimum atomic E-state index is -0.392. The third-order valence-electron chi connectivity index (χ3n) is 3.58. The second kappa shape index (κ2) is 8.51. The van der Waals surface area contributed by atoms with Crippen molar-refractivity contribution in [3.8, 4) is 0 Å². The maximum atomic E-state index is 12.0. The molecule has 0 aliphatic heterocycles.